The van der Waals surface area contributed by atoms with Crippen molar-refractivity contribution in [3.63, 3.8) is 0 Å². The number of hydrogen-bond acceptors (Lipinski definition) is 2. The molecule has 0 aliphatic heterocycles. The highest BCUT2D eigenvalue weighted by molar-refractivity contribution is 5.76. The smallest absolute Gasteiger partial charge is 0.143 e. The first kappa shape index (κ1) is 14.7. The highest BCUT2D eigenvalue weighted by Crippen LogP contribution is 2.26. The fourth-order valence-corrected chi connectivity index (χ4v) is 3.02. The van der Waals surface area contributed by atoms with E-state index in [9.17, 15) is 5.11 Å². The molecule has 4 rings (SSSR count). The fraction of sp³-hybridized carbons (Fsp3) is 0.0952. The molecule has 1 aromatic heterocycles. The van der Waals surface area contributed by atoms with E-state index in [1.807, 2.05) is 72.8 Å². The minimum atomic E-state index is -0.748. The van der Waals surface area contributed by atoms with Crippen molar-refractivity contribution < 1.29 is 5.11 Å². The number of aromatic nitrogens is 2. The van der Waals surface area contributed by atoms with E-state index in [1.54, 1.807) is 0 Å². The van der Waals surface area contributed by atoms with E-state index in [1.165, 1.54) is 5.56 Å². The molecule has 3 heteroatoms. The molecule has 0 aliphatic rings. The summed E-state index contributed by atoms with van der Waals surface area (Å²) in [6, 6.07) is 27.9. The van der Waals surface area contributed by atoms with Crippen LogP contribution in [-0.2, 0) is 6.54 Å². The number of aliphatic hydroxyl groups excluding tert-OH is 1. The molecule has 1 atom stereocenters. The first-order valence-corrected chi connectivity index (χ1v) is 8.05. The number of para-hydroxylation sites is 2. The van der Waals surface area contributed by atoms with Crippen LogP contribution in [0.1, 0.15) is 23.1 Å². The summed E-state index contributed by atoms with van der Waals surface area (Å²) in [7, 11) is 0. The number of hydrogen-bond donors (Lipinski definition) is 1. The van der Waals surface area contributed by atoms with Gasteiger partial charge in [0.05, 0.1) is 11.0 Å². The average molecular weight is 314 g/mol. The van der Waals surface area contributed by atoms with Crippen LogP contribution in [0.4, 0.5) is 0 Å². The Bertz CT molecular complexity index is 945. The second-order valence-electron chi connectivity index (χ2n) is 5.84. The molecule has 0 spiro atoms. The normalized spacial score (nSPS) is 12.4. The van der Waals surface area contributed by atoms with Gasteiger partial charge in [0.2, 0.25) is 0 Å². The molecule has 0 saturated heterocycles. The monoisotopic (exact) mass is 314 g/mol. The van der Waals surface area contributed by atoms with Gasteiger partial charge >= 0.3 is 0 Å². The maximum absolute atomic E-state index is 10.9. The molecule has 0 saturated carbocycles. The molecule has 0 fully saturated rings. The lowest BCUT2D eigenvalue weighted by atomic mass is 10.1. The summed E-state index contributed by atoms with van der Waals surface area (Å²) < 4.78 is 2.10. The van der Waals surface area contributed by atoms with Crippen LogP contribution in [0.15, 0.2) is 84.9 Å². The van der Waals surface area contributed by atoms with Crippen molar-refractivity contribution in [2.45, 2.75) is 12.6 Å². The second kappa shape index (κ2) is 6.30. The zero-order valence-corrected chi connectivity index (χ0v) is 13.2. The van der Waals surface area contributed by atoms with Crippen LogP contribution in [0.2, 0.25) is 0 Å². The van der Waals surface area contributed by atoms with Crippen LogP contribution >= 0.6 is 0 Å². The molecule has 0 aliphatic carbocycles. The van der Waals surface area contributed by atoms with Crippen molar-refractivity contribution in [2.75, 3.05) is 0 Å². The van der Waals surface area contributed by atoms with E-state index >= 15 is 0 Å². The molecule has 3 aromatic carbocycles. The summed E-state index contributed by atoms with van der Waals surface area (Å²) in [5.41, 5.74) is 3.97. The number of nitrogens with zero attached hydrogens (tertiary/aromatic N) is 2. The van der Waals surface area contributed by atoms with Gasteiger partial charge < -0.3 is 9.67 Å². The lowest BCUT2D eigenvalue weighted by Gasteiger charge is -2.14. The summed E-state index contributed by atoms with van der Waals surface area (Å²) in [6.45, 7) is 0.681. The van der Waals surface area contributed by atoms with Gasteiger partial charge in [0.1, 0.15) is 11.9 Å². The van der Waals surface area contributed by atoms with Crippen molar-refractivity contribution in [2.24, 2.45) is 0 Å². The van der Waals surface area contributed by atoms with Crippen LogP contribution in [0, 0.1) is 0 Å². The van der Waals surface area contributed by atoms with E-state index in [-0.39, 0.29) is 0 Å². The van der Waals surface area contributed by atoms with Crippen molar-refractivity contribution >= 4 is 11.0 Å². The SMILES string of the molecule is O[C@@H](c1ccccc1)c1nc2ccccc2n1Cc1ccccc1. The third kappa shape index (κ3) is 2.70. The second-order valence-corrected chi connectivity index (χ2v) is 5.84. The average Bonchev–Trinajstić information content (AvgIpc) is 3.01. The highest BCUT2D eigenvalue weighted by atomic mass is 16.3. The summed E-state index contributed by atoms with van der Waals surface area (Å²) in [6.07, 6.45) is -0.748. The number of benzene rings is 3. The molecular formula is C21H18N2O. The van der Waals surface area contributed by atoms with Crippen molar-refractivity contribution in [3.8, 4) is 0 Å². The summed E-state index contributed by atoms with van der Waals surface area (Å²) in [4.78, 5) is 4.70. The largest absolute Gasteiger partial charge is 0.380 e. The summed E-state index contributed by atoms with van der Waals surface area (Å²) >= 11 is 0. The topological polar surface area (TPSA) is 38.1 Å². The highest BCUT2D eigenvalue weighted by Gasteiger charge is 2.19. The third-order valence-electron chi connectivity index (χ3n) is 4.23. The first-order valence-electron chi connectivity index (χ1n) is 8.05. The molecule has 0 radical (unpaired) electrons. The number of imidazole rings is 1. The molecule has 1 N–H and O–H groups in total. The van der Waals surface area contributed by atoms with Crippen molar-refractivity contribution in [1.82, 2.24) is 9.55 Å². The van der Waals surface area contributed by atoms with Gasteiger partial charge in [-0.05, 0) is 23.3 Å². The number of fused-ring (bicyclic) bond motifs is 1. The van der Waals surface area contributed by atoms with Gasteiger partial charge in [-0.15, -0.1) is 0 Å². The predicted octanol–water partition coefficient (Wildman–Crippen LogP) is 4.17. The first-order chi connectivity index (χ1) is 11.8. The van der Waals surface area contributed by atoms with Gasteiger partial charge in [-0.1, -0.05) is 72.8 Å². The van der Waals surface area contributed by atoms with Crippen LogP contribution in [0.3, 0.4) is 0 Å². The lowest BCUT2D eigenvalue weighted by molar-refractivity contribution is 0.206. The van der Waals surface area contributed by atoms with Crippen molar-refractivity contribution in [3.05, 3.63) is 102 Å². The zero-order valence-electron chi connectivity index (χ0n) is 13.2. The quantitative estimate of drug-likeness (QED) is 0.614. The number of rotatable bonds is 4. The Morgan fingerprint density at radius 1 is 0.792 bits per heavy atom. The fourth-order valence-electron chi connectivity index (χ4n) is 3.02. The van der Waals surface area contributed by atoms with E-state index in [0.29, 0.717) is 12.4 Å². The molecule has 0 amide bonds. The Morgan fingerprint density at radius 2 is 1.42 bits per heavy atom. The minimum absolute atomic E-state index is 0.672. The van der Waals surface area contributed by atoms with Gasteiger partial charge in [0.25, 0.3) is 0 Å². The Balaban J connectivity index is 1.84. The maximum Gasteiger partial charge on any atom is 0.143 e. The van der Waals surface area contributed by atoms with Crippen molar-refractivity contribution in [1.29, 1.82) is 0 Å². The lowest BCUT2D eigenvalue weighted by Crippen LogP contribution is -2.11. The molecule has 0 bridgehead atoms. The predicted molar refractivity (Wildman–Crippen MR) is 95.8 cm³/mol. The molecule has 24 heavy (non-hydrogen) atoms. The molecule has 3 nitrogen and oxygen atoms in total. The Hall–Kier alpha value is -2.91. The van der Waals surface area contributed by atoms with Gasteiger partial charge in [0, 0.05) is 6.54 Å². The van der Waals surface area contributed by atoms with Crippen LogP contribution in [-0.4, -0.2) is 14.7 Å². The summed E-state index contributed by atoms with van der Waals surface area (Å²) in [5, 5.41) is 10.9. The van der Waals surface area contributed by atoms with Crippen LogP contribution in [0.25, 0.3) is 11.0 Å². The number of aliphatic hydroxyl groups is 1. The Kier molecular flexibility index (Phi) is 3.85. The minimum Gasteiger partial charge on any atom is -0.380 e. The maximum atomic E-state index is 10.9. The summed E-state index contributed by atoms with van der Waals surface area (Å²) in [5.74, 6) is 0.672. The third-order valence-corrected chi connectivity index (χ3v) is 4.23. The van der Waals surface area contributed by atoms with E-state index in [0.717, 1.165) is 16.6 Å². The van der Waals surface area contributed by atoms with Gasteiger partial charge in [0.15, 0.2) is 0 Å². The van der Waals surface area contributed by atoms with E-state index in [2.05, 4.69) is 16.7 Å². The van der Waals surface area contributed by atoms with Crippen LogP contribution < -0.4 is 0 Å². The molecular weight excluding hydrogens is 296 g/mol. The Labute approximate surface area is 140 Å². The molecule has 0 unspecified atom stereocenters. The standard InChI is InChI=1S/C21H18N2O/c24-20(17-11-5-2-6-12-17)21-22-18-13-7-8-14-19(18)23(21)15-16-9-3-1-4-10-16/h1-14,20,24H,15H2/t20-/m0/s1. The van der Waals surface area contributed by atoms with E-state index < -0.39 is 6.10 Å². The van der Waals surface area contributed by atoms with E-state index in [4.69, 9.17) is 4.98 Å². The van der Waals surface area contributed by atoms with Crippen LogP contribution in [0.5, 0.6) is 0 Å². The van der Waals surface area contributed by atoms with Gasteiger partial charge in [-0.25, -0.2) is 4.98 Å². The molecule has 4 aromatic rings. The molecule has 118 valence electrons. The Morgan fingerprint density at radius 3 is 2.17 bits per heavy atom. The zero-order chi connectivity index (χ0) is 16.4. The van der Waals surface area contributed by atoms with Gasteiger partial charge in [-0.2, -0.15) is 0 Å². The van der Waals surface area contributed by atoms with Gasteiger partial charge in [-0.3, -0.25) is 0 Å². The molecule has 1 heterocycles.